The number of rotatable bonds is 0. The number of alkyl halides is 3. The Morgan fingerprint density at radius 3 is 2.50 bits per heavy atom. The fourth-order valence-corrected chi connectivity index (χ4v) is 2.02. The van der Waals surface area contributed by atoms with E-state index in [-0.39, 0.29) is 5.56 Å². The molecular formula is C14H7ClF3NO. The summed E-state index contributed by atoms with van der Waals surface area (Å²) in [6.45, 7) is 0. The summed E-state index contributed by atoms with van der Waals surface area (Å²) in [4.78, 5) is 4.11. The van der Waals surface area contributed by atoms with Gasteiger partial charge < -0.3 is 4.74 Å². The maximum atomic E-state index is 12.7. The largest absolute Gasteiger partial charge is 0.454 e. The Morgan fingerprint density at radius 1 is 1.00 bits per heavy atom. The van der Waals surface area contributed by atoms with Crippen LogP contribution in [0, 0.1) is 0 Å². The Morgan fingerprint density at radius 2 is 1.75 bits per heavy atom. The average molecular weight is 298 g/mol. The second-order valence-electron chi connectivity index (χ2n) is 4.22. The minimum Gasteiger partial charge on any atom is -0.454 e. The summed E-state index contributed by atoms with van der Waals surface area (Å²) in [5.41, 5.74) is 0.00435. The molecule has 0 radical (unpaired) electrons. The van der Waals surface area contributed by atoms with Crippen molar-refractivity contribution in [1.82, 2.24) is 0 Å². The second kappa shape index (κ2) is 4.52. The molecule has 20 heavy (non-hydrogen) atoms. The molecule has 0 saturated carbocycles. The summed E-state index contributed by atoms with van der Waals surface area (Å²) < 4.78 is 43.6. The molecule has 0 unspecified atom stereocenters. The molecule has 2 aromatic rings. The lowest BCUT2D eigenvalue weighted by atomic mass is 10.1. The minimum absolute atomic E-state index is 0.271. The summed E-state index contributed by atoms with van der Waals surface area (Å²) in [5, 5.41) is 0.478. The van der Waals surface area contributed by atoms with E-state index in [4.69, 9.17) is 16.3 Å². The molecular weight excluding hydrogens is 291 g/mol. The van der Waals surface area contributed by atoms with Gasteiger partial charge in [0.2, 0.25) is 0 Å². The van der Waals surface area contributed by atoms with Gasteiger partial charge in [0.1, 0.15) is 11.4 Å². The van der Waals surface area contributed by atoms with Crippen LogP contribution in [0.2, 0.25) is 5.02 Å². The van der Waals surface area contributed by atoms with Crippen LogP contribution in [0.1, 0.15) is 11.1 Å². The molecule has 0 aliphatic carbocycles. The molecule has 2 aromatic carbocycles. The SMILES string of the molecule is FC(F)(F)c1ccc2c(c1)C=Nc1cc(Cl)ccc1O2. The van der Waals surface area contributed by atoms with Crippen molar-refractivity contribution in [3.05, 3.63) is 52.5 Å². The molecule has 1 aliphatic heterocycles. The first-order chi connectivity index (χ1) is 9.43. The van der Waals surface area contributed by atoms with Gasteiger partial charge in [-0.3, -0.25) is 4.99 Å². The van der Waals surface area contributed by atoms with E-state index in [1.54, 1.807) is 18.2 Å². The molecule has 6 heteroatoms. The van der Waals surface area contributed by atoms with Crippen molar-refractivity contribution < 1.29 is 17.9 Å². The normalized spacial score (nSPS) is 13.2. The maximum Gasteiger partial charge on any atom is 0.416 e. The Kier molecular flexibility index (Phi) is 2.94. The number of ether oxygens (including phenoxy) is 1. The first kappa shape index (κ1) is 13.0. The zero-order valence-corrected chi connectivity index (χ0v) is 10.7. The van der Waals surface area contributed by atoms with E-state index in [0.29, 0.717) is 22.2 Å². The molecule has 0 N–H and O–H groups in total. The second-order valence-corrected chi connectivity index (χ2v) is 4.66. The van der Waals surface area contributed by atoms with E-state index in [1.807, 2.05) is 0 Å². The van der Waals surface area contributed by atoms with Gasteiger partial charge in [-0.15, -0.1) is 0 Å². The molecule has 0 saturated heterocycles. The summed E-state index contributed by atoms with van der Waals surface area (Å²) >= 11 is 5.85. The van der Waals surface area contributed by atoms with E-state index in [9.17, 15) is 13.2 Å². The topological polar surface area (TPSA) is 21.6 Å². The van der Waals surface area contributed by atoms with Crippen LogP contribution < -0.4 is 4.74 Å². The van der Waals surface area contributed by atoms with E-state index in [2.05, 4.69) is 4.99 Å². The molecule has 3 rings (SSSR count). The summed E-state index contributed by atoms with van der Waals surface area (Å²) in [7, 11) is 0. The number of benzene rings is 2. The van der Waals surface area contributed by atoms with Crippen molar-refractivity contribution in [3.8, 4) is 11.5 Å². The molecule has 2 nitrogen and oxygen atoms in total. The monoisotopic (exact) mass is 297 g/mol. The van der Waals surface area contributed by atoms with Gasteiger partial charge in [0.25, 0.3) is 0 Å². The highest BCUT2D eigenvalue weighted by molar-refractivity contribution is 6.30. The van der Waals surface area contributed by atoms with Gasteiger partial charge in [-0.1, -0.05) is 11.6 Å². The summed E-state index contributed by atoms with van der Waals surface area (Å²) in [5.74, 6) is 0.770. The smallest absolute Gasteiger partial charge is 0.416 e. The number of hydrogen-bond donors (Lipinski definition) is 0. The van der Waals surface area contributed by atoms with Gasteiger partial charge in [-0.25, -0.2) is 0 Å². The lowest BCUT2D eigenvalue weighted by Gasteiger charge is -2.11. The van der Waals surface area contributed by atoms with Crippen molar-refractivity contribution >= 4 is 23.5 Å². The predicted molar refractivity (Wildman–Crippen MR) is 70.2 cm³/mol. The molecule has 0 aromatic heterocycles. The van der Waals surface area contributed by atoms with E-state index < -0.39 is 11.7 Å². The van der Waals surface area contributed by atoms with Gasteiger partial charge in [-0.2, -0.15) is 13.2 Å². The number of halogens is 4. The Labute approximate surface area is 117 Å². The molecule has 0 atom stereocenters. The number of nitrogens with zero attached hydrogens (tertiary/aromatic N) is 1. The van der Waals surface area contributed by atoms with Crippen molar-refractivity contribution in [2.75, 3.05) is 0 Å². The molecule has 1 aliphatic rings. The molecule has 0 spiro atoms. The third-order valence-corrected chi connectivity index (χ3v) is 3.06. The van der Waals surface area contributed by atoms with E-state index in [0.717, 1.165) is 12.1 Å². The van der Waals surface area contributed by atoms with Gasteiger partial charge in [-0.05, 0) is 36.4 Å². The van der Waals surface area contributed by atoms with Gasteiger partial charge in [0, 0.05) is 16.8 Å². The van der Waals surface area contributed by atoms with Crippen molar-refractivity contribution in [1.29, 1.82) is 0 Å². The molecule has 102 valence electrons. The highest BCUT2D eigenvalue weighted by Crippen LogP contribution is 2.39. The predicted octanol–water partition coefficient (Wildman–Crippen LogP) is 5.22. The molecule has 0 fully saturated rings. The van der Waals surface area contributed by atoms with Gasteiger partial charge in [0.15, 0.2) is 5.75 Å². The van der Waals surface area contributed by atoms with Crippen LogP contribution in [0.3, 0.4) is 0 Å². The Hall–Kier alpha value is -2.01. The van der Waals surface area contributed by atoms with Gasteiger partial charge >= 0.3 is 6.18 Å². The lowest BCUT2D eigenvalue weighted by molar-refractivity contribution is -0.137. The van der Waals surface area contributed by atoms with Crippen molar-refractivity contribution in [2.24, 2.45) is 4.99 Å². The maximum absolute atomic E-state index is 12.7. The van der Waals surface area contributed by atoms with Crippen molar-refractivity contribution in [3.63, 3.8) is 0 Å². The Balaban J connectivity index is 2.09. The minimum atomic E-state index is -4.40. The Bertz CT molecular complexity index is 710. The highest BCUT2D eigenvalue weighted by atomic mass is 35.5. The summed E-state index contributed by atoms with van der Waals surface area (Å²) in [6.07, 6.45) is -3.06. The molecule has 1 heterocycles. The zero-order chi connectivity index (χ0) is 14.3. The average Bonchev–Trinajstić information content (AvgIpc) is 2.56. The first-order valence-electron chi connectivity index (χ1n) is 5.66. The van der Waals surface area contributed by atoms with Crippen LogP contribution in [0.25, 0.3) is 0 Å². The number of hydrogen-bond acceptors (Lipinski definition) is 2. The standard InChI is InChI=1S/C14H7ClF3NO/c15-10-2-4-13-11(6-10)19-7-8-5-9(14(16,17)18)1-3-12(8)20-13/h1-7H. The van der Waals surface area contributed by atoms with Crippen molar-refractivity contribution in [2.45, 2.75) is 6.18 Å². The fourth-order valence-electron chi connectivity index (χ4n) is 1.85. The van der Waals surface area contributed by atoms with Crippen LogP contribution in [-0.4, -0.2) is 6.21 Å². The third-order valence-electron chi connectivity index (χ3n) is 2.82. The van der Waals surface area contributed by atoms with Crippen LogP contribution in [0.5, 0.6) is 11.5 Å². The zero-order valence-electron chi connectivity index (χ0n) is 9.91. The van der Waals surface area contributed by atoms with Crippen LogP contribution in [0.4, 0.5) is 18.9 Å². The fraction of sp³-hybridized carbons (Fsp3) is 0.0714. The molecule has 0 bridgehead atoms. The lowest BCUT2D eigenvalue weighted by Crippen LogP contribution is -2.05. The molecule has 0 amide bonds. The van der Waals surface area contributed by atoms with Gasteiger partial charge in [0.05, 0.1) is 5.56 Å². The number of fused-ring (bicyclic) bond motifs is 2. The summed E-state index contributed by atoms with van der Waals surface area (Å²) in [6, 6.07) is 8.12. The number of aliphatic imine (C=N–C) groups is 1. The van der Waals surface area contributed by atoms with E-state index in [1.165, 1.54) is 12.3 Å². The first-order valence-corrected chi connectivity index (χ1v) is 6.04. The van der Waals surface area contributed by atoms with Crippen LogP contribution in [-0.2, 0) is 6.18 Å². The highest BCUT2D eigenvalue weighted by Gasteiger charge is 2.31. The third kappa shape index (κ3) is 2.36. The van der Waals surface area contributed by atoms with Crippen LogP contribution in [0.15, 0.2) is 41.4 Å². The van der Waals surface area contributed by atoms with E-state index >= 15 is 0 Å². The quantitative estimate of drug-likeness (QED) is 0.558. The van der Waals surface area contributed by atoms with Crippen LogP contribution >= 0.6 is 11.6 Å².